The van der Waals surface area contributed by atoms with E-state index in [2.05, 4.69) is 0 Å². The largest absolute Gasteiger partial charge is 0.481 e. The van der Waals surface area contributed by atoms with Crippen molar-refractivity contribution in [2.75, 3.05) is 45.9 Å². The molecule has 0 saturated carbocycles. The SMILES string of the molecule is CC1(C(=O)O)CCN(CC(=O)N2CCOCC2)C1. The number of hydrogen-bond acceptors (Lipinski definition) is 4. The van der Waals surface area contributed by atoms with Gasteiger partial charge in [-0.1, -0.05) is 0 Å². The van der Waals surface area contributed by atoms with Crippen molar-refractivity contribution in [3.8, 4) is 0 Å². The second-order valence-electron chi connectivity index (χ2n) is 5.32. The van der Waals surface area contributed by atoms with Crippen LogP contribution in [-0.2, 0) is 14.3 Å². The highest BCUT2D eigenvalue weighted by Gasteiger charge is 2.41. The zero-order valence-corrected chi connectivity index (χ0v) is 10.7. The van der Waals surface area contributed by atoms with Gasteiger partial charge in [-0.25, -0.2) is 0 Å². The zero-order chi connectivity index (χ0) is 13.2. The Morgan fingerprint density at radius 1 is 1.28 bits per heavy atom. The topological polar surface area (TPSA) is 70.1 Å². The molecule has 0 aromatic rings. The number of aliphatic carboxylic acids is 1. The third-order valence-corrected chi connectivity index (χ3v) is 3.79. The summed E-state index contributed by atoms with van der Waals surface area (Å²) in [5.74, 6) is -0.697. The zero-order valence-electron chi connectivity index (χ0n) is 10.7. The molecular formula is C12H20N2O4. The monoisotopic (exact) mass is 256 g/mol. The molecule has 6 nitrogen and oxygen atoms in total. The summed E-state index contributed by atoms with van der Waals surface area (Å²) in [4.78, 5) is 26.9. The van der Waals surface area contributed by atoms with E-state index in [-0.39, 0.29) is 5.91 Å². The Morgan fingerprint density at radius 3 is 2.50 bits per heavy atom. The second-order valence-corrected chi connectivity index (χ2v) is 5.32. The Kier molecular flexibility index (Phi) is 3.87. The molecule has 2 heterocycles. The van der Waals surface area contributed by atoms with Crippen molar-refractivity contribution in [2.24, 2.45) is 5.41 Å². The van der Waals surface area contributed by atoms with Gasteiger partial charge in [0, 0.05) is 19.6 Å². The van der Waals surface area contributed by atoms with Crippen LogP contribution in [0.5, 0.6) is 0 Å². The summed E-state index contributed by atoms with van der Waals surface area (Å²) in [6.45, 7) is 5.68. The summed E-state index contributed by atoms with van der Waals surface area (Å²) in [5.41, 5.74) is -0.703. The first-order valence-electron chi connectivity index (χ1n) is 6.32. The lowest BCUT2D eigenvalue weighted by Gasteiger charge is -2.29. The number of rotatable bonds is 3. The van der Waals surface area contributed by atoms with Gasteiger partial charge >= 0.3 is 5.97 Å². The van der Waals surface area contributed by atoms with Crippen LogP contribution in [0.25, 0.3) is 0 Å². The highest BCUT2D eigenvalue weighted by atomic mass is 16.5. The van der Waals surface area contributed by atoms with Crippen LogP contribution in [0.4, 0.5) is 0 Å². The number of carbonyl (C=O) groups is 2. The van der Waals surface area contributed by atoms with Crippen molar-refractivity contribution in [2.45, 2.75) is 13.3 Å². The summed E-state index contributed by atoms with van der Waals surface area (Å²) < 4.78 is 5.20. The number of hydrogen-bond donors (Lipinski definition) is 1. The van der Waals surface area contributed by atoms with Gasteiger partial charge in [-0.3, -0.25) is 14.5 Å². The lowest BCUT2D eigenvalue weighted by molar-refractivity contribution is -0.147. The van der Waals surface area contributed by atoms with E-state index in [9.17, 15) is 9.59 Å². The fourth-order valence-corrected chi connectivity index (χ4v) is 2.47. The van der Waals surface area contributed by atoms with E-state index >= 15 is 0 Å². The van der Waals surface area contributed by atoms with Crippen LogP contribution in [0.15, 0.2) is 0 Å². The molecule has 2 rings (SSSR count). The Balaban J connectivity index is 1.84. The van der Waals surface area contributed by atoms with E-state index in [1.54, 1.807) is 11.8 Å². The van der Waals surface area contributed by atoms with Crippen LogP contribution < -0.4 is 0 Å². The fourth-order valence-electron chi connectivity index (χ4n) is 2.47. The number of morpholine rings is 1. The minimum Gasteiger partial charge on any atom is -0.481 e. The predicted molar refractivity (Wildman–Crippen MR) is 64.2 cm³/mol. The molecule has 1 unspecified atom stereocenters. The van der Waals surface area contributed by atoms with Gasteiger partial charge in [0.2, 0.25) is 5.91 Å². The maximum Gasteiger partial charge on any atom is 0.310 e. The molecule has 2 fully saturated rings. The average molecular weight is 256 g/mol. The molecule has 6 heteroatoms. The first kappa shape index (κ1) is 13.3. The van der Waals surface area contributed by atoms with E-state index in [1.807, 2.05) is 4.90 Å². The van der Waals surface area contributed by atoms with Crippen molar-refractivity contribution in [1.82, 2.24) is 9.80 Å². The molecule has 0 spiro atoms. The molecule has 2 saturated heterocycles. The summed E-state index contributed by atoms with van der Waals surface area (Å²) >= 11 is 0. The molecule has 18 heavy (non-hydrogen) atoms. The third kappa shape index (κ3) is 2.81. The van der Waals surface area contributed by atoms with Gasteiger partial charge in [0.25, 0.3) is 0 Å². The normalized spacial score (nSPS) is 29.5. The van der Waals surface area contributed by atoms with E-state index in [0.29, 0.717) is 52.4 Å². The Bertz CT molecular complexity index is 341. The lowest BCUT2D eigenvalue weighted by Crippen LogP contribution is -2.45. The summed E-state index contributed by atoms with van der Waals surface area (Å²) in [6, 6.07) is 0. The maximum absolute atomic E-state index is 12.0. The molecule has 0 bridgehead atoms. The first-order chi connectivity index (χ1) is 8.51. The maximum atomic E-state index is 12.0. The summed E-state index contributed by atoms with van der Waals surface area (Å²) in [7, 11) is 0. The number of carboxylic acids is 1. The van der Waals surface area contributed by atoms with Crippen molar-refractivity contribution >= 4 is 11.9 Å². The molecule has 2 aliphatic heterocycles. The molecule has 0 aromatic heterocycles. The summed E-state index contributed by atoms with van der Waals surface area (Å²) in [6.07, 6.45) is 0.610. The minimum atomic E-state index is -0.774. The van der Waals surface area contributed by atoms with Crippen LogP contribution >= 0.6 is 0 Å². The molecule has 2 aliphatic rings. The van der Waals surface area contributed by atoms with Gasteiger partial charge in [-0.15, -0.1) is 0 Å². The Morgan fingerprint density at radius 2 is 1.94 bits per heavy atom. The molecule has 1 amide bonds. The van der Waals surface area contributed by atoms with Crippen LogP contribution in [0, 0.1) is 5.41 Å². The highest BCUT2D eigenvalue weighted by Crippen LogP contribution is 2.29. The van der Waals surface area contributed by atoms with Crippen molar-refractivity contribution in [3.63, 3.8) is 0 Å². The second kappa shape index (κ2) is 5.24. The van der Waals surface area contributed by atoms with Crippen LogP contribution in [0.1, 0.15) is 13.3 Å². The van der Waals surface area contributed by atoms with E-state index < -0.39 is 11.4 Å². The molecule has 1 atom stereocenters. The number of likely N-dealkylation sites (tertiary alicyclic amines) is 1. The smallest absolute Gasteiger partial charge is 0.310 e. The fraction of sp³-hybridized carbons (Fsp3) is 0.833. The van der Waals surface area contributed by atoms with E-state index in [1.165, 1.54) is 0 Å². The number of ether oxygens (including phenoxy) is 1. The number of nitrogens with zero attached hydrogens (tertiary/aromatic N) is 2. The molecule has 1 N–H and O–H groups in total. The average Bonchev–Trinajstić information content (AvgIpc) is 2.73. The van der Waals surface area contributed by atoms with Gasteiger partial charge in [-0.2, -0.15) is 0 Å². The molecule has 102 valence electrons. The van der Waals surface area contributed by atoms with Crippen molar-refractivity contribution < 1.29 is 19.4 Å². The molecule has 0 aromatic carbocycles. The van der Waals surface area contributed by atoms with E-state index in [4.69, 9.17) is 9.84 Å². The predicted octanol–water partition coefficient (Wildman–Crippen LogP) is -0.358. The minimum absolute atomic E-state index is 0.0768. The van der Waals surface area contributed by atoms with Crippen LogP contribution in [0.2, 0.25) is 0 Å². The first-order valence-corrected chi connectivity index (χ1v) is 6.32. The highest BCUT2D eigenvalue weighted by molar-refractivity contribution is 5.79. The van der Waals surface area contributed by atoms with Gasteiger partial charge < -0.3 is 14.7 Å². The summed E-state index contributed by atoms with van der Waals surface area (Å²) in [5, 5.41) is 9.13. The van der Waals surface area contributed by atoms with Gasteiger partial charge in [-0.05, 0) is 19.9 Å². The Labute approximate surface area is 106 Å². The molecule has 0 aliphatic carbocycles. The number of carboxylic acid groups (broad SMARTS) is 1. The lowest BCUT2D eigenvalue weighted by atomic mass is 9.90. The van der Waals surface area contributed by atoms with Gasteiger partial charge in [0.05, 0.1) is 25.2 Å². The quantitative estimate of drug-likeness (QED) is 0.747. The van der Waals surface area contributed by atoms with Crippen molar-refractivity contribution in [3.05, 3.63) is 0 Å². The van der Waals surface area contributed by atoms with Crippen LogP contribution in [0.3, 0.4) is 0 Å². The van der Waals surface area contributed by atoms with Gasteiger partial charge in [0.15, 0.2) is 0 Å². The standard InChI is InChI=1S/C12H20N2O4/c1-12(11(16)17)2-3-13(9-12)8-10(15)14-4-6-18-7-5-14/h2-9H2,1H3,(H,16,17). The molecule has 0 radical (unpaired) electrons. The van der Waals surface area contributed by atoms with Crippen LogP contribution in [-0.4, -0.2) is 72.7 Å². The van der Waals surface area contributed by atoms with Crippen molar-refractivity contribution in [1.29, 1.82) is 0 Å². The number of amides is 1. The van der Waals surface area contributed by atoms with Gasteiger partial charge in [0.1, 0.15) is 0 Å². The Hall–Kier alpha value is -1.14. The van der Waals surface area contributed by atoms with E-state index in [0.717, 1.165) is 0 Å². The number of carbonyl (C=O) groups excluding carboxylic acids is 1. The third-order valence-electron chi connectivity index (χ3n) is 3.79. The molecular weight excluding hydrogens is 236 g/mol.